The molecule has 0 amide bonds. The Bertz CT molecular complexity index is 874. The molecule has 0 spiro atoms. The minimum Gasteiger partial charge on any atom is -0.316 e. The third-order valence-corrected chi connectivity index (χ3v) is 3.49. The van der Waals surface area contributed by atoms with E-state index in [9.17, 15) is 9.59 Å². The smallest absolute Gasteiger partial charge is 0.272 e. The predicted octanol–water partition coefficient (Wildman–Crippen LogP) is 1.92. The molecule has 23 heavy (non-hydrogen) atoms. The van der Waals surface area contributed by atoms with Crippen molar-refractivity contribution in [2.24, 2.45) is 0 Å². The Balaban J connectivity index is 2.23. The van der Waals surface area contributed by atoms with Gasteiger partial charge in [0, 0.05) is 0 Å². The first-order valence-corrected chi connectivity index (χ1v) is 7.97. The second-order valence-electron chi connectivity index (χ2n) is 5.37. The van der Waals surface area contributed by atoms with Gasteiger partial charge in [0.15, 0.2) is 0 Å². The van der Waals surface area contributed by atoms with Crippen molar-refractivity contribution in [2.45, 2.75) is 32.6 Å². The van der Waals surface area contributed by atoms with Crippen LogP contribution in [0.4, 0.5) is 0 Å². The first kappa shape index (κ1) is 16.7. The van der Waals surface area contributed by atoms with Gasteiger partial charge in [-0.25, -0.2) is 0 Å². The average molecular weight is 310 g/mol. The minimum atomic E-state index is -0.288. The summed E-state index contributed by atoms with van der Waals surface area (Å²) >= 11 is 0. The van der Waals surface area contributed by atoms with Gasteiger partial charge in [0.1, 0.15) is 10.7 Å². The molecule has 0 atom stereocenters. The molecule has 0 aliphatic heterocycles. The van der Waals surface area contributed by atoms with E-state index in [1.165, 1.54) is 0 Å². The molecule has 4 heteroatoms. The van der Waals surface area contributed by atoms with Crippen LogP contribution in [0.1, 0.15) is 38.2 Å². The van der Waals surface area contributed by atoms with Gasteiger partial charge >= 0.3 is 0 Å². The van der Waals surface area contributed by atoms with Gasteiger partial charge in [-0.2, -0.15) is 0 Å². The summed E-state index contributed by atoms with van der Waals surface area (Å²) in [5.74, 6) is 0. The molecule has 1 heterocycles. The molecule has 0 unspecified atom stereocenters. The Hall–Kier alpha value is -2.62. The molecule has 120 valence electrons. The lowest BCUT2D eigenvalue weighted by molar-refractivity contribution is 0.739. The zero-order valence-corrected chi connectivity index (χ0v) is 13.3. The lowest BCUT2D eigenvalue weighted by Gasteiger charge is -1.92. The fourth-order valence-corrected chi connectivity index (χ4v) is 2.21. The van der Waals surface area contributed by atoms with Gasteiger partial charge in [0.05, 0.1) is 0 Å². The van der Waals surface area contributed by atoms with E-state index >= 15 is 0 Å². The first-order valence-electron chi connectivity index (χ1n) is 7.97. The number of hydrogen-bond donors (Lipinski definition) is 2. The summed E-state index contributed by atoms with van der Waals surface area (Å²) in [7, 11) is 0. The van der Waals surface area contributed by atoms with Crippen LogP contribution in [-0.2, 0) is 0 Å². The fourth-order valence-electron chi connectivity index (χ4n) is 2.21. The highest BCUT2D eigenvalue weighted by Gasteiger charge is 1.94. The number of rotatable bonds is 6. The number of nitrogens with one attached hydrogen (secondary N) is 2. The second kappa shape index (κ2) is 8.73. The molecule has 2 N–H and O–H groups in total. The van der Waals surface area contributed by atoms with Crippen molar-refractivity contribution in [2.75, 3.05) is 0 Å². The number of aromatic nitrogens is 2. The molecule has 0 aliphatic rings. The third kappa shape index (κ3) is 5.25. The topological polar surface area (TPSA) is 65.7 Å². The van der Waals surface area contributed by atoms with Crippen LogP contribution in [0.3, 0.4) is 0 Å². The number of aromatic amines is 2. The molecule has 0 radical (unpaired) electrons. The Kier molecular flexibility index (Phi) is 6.36. The van der Waals surface area contributed by atoms with Gasteiger partial charge in [-0.05, 0) is 24.5 Å². The zero-order chi connectivity index (χ0) is 16.5. The maximum absolute atomic E-state index is 12.0. The van der Waals surface area contributed by atoms with Crippen molar-refractivity contribution in [3.8, 4) is 0 Å². The average Bonchev–Trinajstić information content (AvgIpc) is 2.56. The molecule has 1 aromatic carbocycles. The van der Waals surface area contributed by atoms with Crippen LogP contribution in [0.5, 0.6) is 0 Å². The number of unbranched alkanes of at least 4 members (excludes halogenated alkanes) is 3. The van der Waals surface area contributed by atoms with Gasteiger partial charge in [0.25, 0.3) is 11.1 Å². The second-order valence-corrected chi connectivity index (χ2v) is 5.37. The number of allylic oxidation sites excluding steroid dienone is 1. The van der Waals surface area contributed by atoms with E-state index in [2.05, 4.69) is 16.9 Å². The first-order chi connectivity index (χ1) is 11.2. The van der Waals surface area contributed by atoms with Crippen LogP contribution in [0.25, 0.3) is 18.2 Å². The maximum atomic E-state index is 12.0. The normalized spacial score (nSPS) is 13.1. The molecular weight excluding hydrogens is 288 g/mol. The van der Waals surface area contributed by atoms with Crippen LogP contribution in [0.2, 0.25) is 0 Å². The molecule has 0 saturated carbocycles. The van der Waals surface area contributed by atoms with Crippen molar-refractivity contribution in [3.63, 3.8) is 0 Å². The number of benzene rings is 1. The highest BCUT2D eigenvalue weighted by atomic mass is 16.1. The Morgan fingerprint density at radius 2 is 1.65 bits per heavy atom. The summed E-state index contributed by atoms with van der Waals surface area (Å²) in [4.78, 5) is 29.3. The summed E-state index contributed by atoms with van der Waals surface area (Å²) in [5.41, 5.74) is 0.480. The lowest BCUT2D eigenvalue weighted by atomic mass is 10.2. The van der Waals surface area contributed by atoms with Crippen molar-refractivity contribution < 1.29 is 0 Å². The molecule has 2 rings (SSSR count). The Morgan fingerprint density at radius 3 is 2.39 bits per heavy atom. The number of H-pyrrole nitrogens is 2. The van der Waals surface area contributed by atoms with Crippen LogP contribution >= 0.6 is 0 Å². The predicted molar refractivity (Wildman–Crippen MR) is 95.5 cm³/mol. The molecule has 0 aliphatic carbocycles. The summed E-state index contributed by atoms with van der Waals surface area (Å²) in [6.07, 6.45) is 11.1. The van der Waals surface area contributed by atoms with E-state index in [4.69, 9.17) is 0 Å². The third-order valence-electron chi connectivity index (χ3n) is 3.49. The Morgan fingerprint density at radius 1 is 0.957 bits per heavy atom. The molecule has 1 aromatic heterocycles. The summed E-state index contributed by atoms with van der Waals surface area (Å²) < 4.78 is 0. The van der Waals surface area contributed by atoms with Crippen molar-refractivity contribution in [1.82, 2.24) is 9.97 Å². The minimum absolute atomic E-state index is 0.257. The lowest BCUT2D eigenvalue weighted by Crippen LogP contribution is -2.46. The fraction of sp³-hybridized carbons (Fsp3) is 0.263. The van der Waals surface area contributed by atoms with Crippen LogP contribution in [0, 0.1) is 0 Å². The summed E-state index contributed by atoms with van der Waals surface area (Å²) in [6, 6.07) is 9.76. The van der Waals surface area contributed by atoms with Crippen LogP contribution in [0.15, 0.2) is 46.0 Å². The number of hydrogen-bond acceptors (Lipinski definition) is 2. The largest absolute Gasteiger partial charge is 0.316 e. The zero-order valence-electron chi connectivity index (χ0n) is 13.3. The van der Waals surface area contributed by atoms with Crippen LogP contribution < -0.4 is 21.8 Å². The van der Waals surface area contributed by atoms with Gasteiger partial charge in [-0.3, -0.25) is 9.59 Å². The van der Waals surface area contributed by atoms with E-state index in [0.717, 1.165) is 31.2 Å². The molecule has 4 nitrogen and oxygen atoms in total. The van der Waals surface area contributed by atoms with Crippen molar-refractivity contribution in [3.05, 3.63) is 73.4 Å². The standard InChI is InChI=1S/C19H22N2O2/c1-2-3-4-8-13-16-18(22)21-17(19(23)20-16)14-9-12-15-10-6-5-7-11-15/h5-7,9-14H,2-4,8H2,1H3,(H,20,23)(H,21,22)/b12-9+,16-13+,17-14-. The van der Waals surface area contributed by atoms with E-state index in [1.807, 2.05) is 36.4 Å². The quantitative estimate of drug-likeness (QED) is 0.801. The molecule has 0 fully saturated rings. The van der Waals surface area contributed by atoms with Gasteiger partial charge in [-0.15, -0.1) is 0 Å². The molecule has 0 saturated heterocycles. The summed E-state index contributed by atoms with van der Waals surface area (Å²) in [6.45, 7) is 2.13. The van der Waals surface area contributed by atoms with E-state index in [-0.39, 0.29) is 16.5 Å². The van der Waals surface area contributed by atoms with Gasteiger partial charge in [0.2, 0.25) is 0 Å². The van der Waals surface area contributed by atoms with Crippen LogP contribution in [-0.4, -0.2) is 9.97 Å². The molecule has 2 aromatic rings. The van der Waals surface area contributed by atoms with E-state index < -0.39 is 0 Å². The van der Waals surface area contributed by atoms with Crippen molar-refractivity contribution >= 4 is 18.2 Å². The highest BCUT2D eigenvalue weighted by Crippen LogP contribution is 2.00. The monoisotopic (exact) mass is 310 g/mol. The van der Waals surface area contributed by atoms with E-state index in [0.29, 0.717) is 5.35 Å². The maximum Gasteiger partial charge on any atom is 0.272 e. The highest BCUT2D eigenvalue weighted by molar-refractivity contribution is 5.56. The van der Waals surface area contributed by atoms with Crippen molar-refractivity contribution in [1.29, 1.82) is 0 Å². The van der Waals surface area contributed by atoms with Gasteiger partial charge in [-0.1, -0.05) is 68.3 Å². The van der Waals surface area contributed by atoms with Gasteiger partial charge < -0.3 is 9.97 Å². The van der Waals surface area contributed by atoms with E-state index in [1.54, 1.807) is 18.2 Å². The SMILES string of the molecule is CCCCC/C=c1/[nH]c(=O)/c(=C/C=C/c2ccccc2)[nH]c1=O. The Labute approximate surface area is 134 Å². The summed E-state index contributed by atoms with van der Waals surface area (Å²) in [5, 5.41) is 0.600. The molecular formula is C19H22N2O2. The molecule has 0 bridgehead atoms.